The van der Waals surface area contributed by atoms with E-state index in [1.165, 1.54) is 28.6 Å². The first kappa shape index (κ1) is 16.6. The minimum Gasteiger partial charge on any atom is -0.360 e. The minimum atomic E-state index is 0.0561. The number of rotatable bonds is 5. The van der Waals surface area contributed by atoms with Crippen molar-refractivity contribution in [2.45, 2.75) is 50.1 Å². The van der Waals surface area contributed by atoms with Crippen LogP contribution in [0.2, 0.25) is 0 Å². The minimum absolute atomic E-state index is 0.0561. The highest BCUT2D eigenvalue weighted by Crippen LogP contribution is 2.35. The lowest BCUT2D eigenvalue weighted by molar-refractivity contribution is 0.391. The molecule has 130 valence electrons. The van der Waals surface area contributed by atoms with Crippen LogP contribution in [0.1, 0.15) is 34.7 Å². The summed E-state index contributed by atoms with van der Waals surface area (Å²) in [4.78, 5) is 20.1. The molecule has 3 aromatic heterocycles. The Morgan fingerprint density at radius 1 is 1.44 bits per heavy atom. The second-order valence-corrected chi connectivity index (χ2v) is 8.24. The summed E-state index contributed by atoms with van der Waals surface area (Å²) in [5, 5.41) is 5.44. The molecule has 0 spiro atoms. The summed E-state index contributed by atoms with van der Waals surface area (Å²) in [5.41, 5.74) is 2.14. The molecule has 3 aromatic rings. The van der Waals surface area contributed by atoms with Crippen molar-refractivity contribution in [3.63, 3.8) is 0 Å². The van der Waals surface area contributed by atoms with Crippen LogP contribution in [0, 0.1) is 6.92 Å². The van der Waals surface area contributed by atoms with Crippen molar-refractivity contribution in [1.82, 2.24) is 14.7 Å². The highest BCUT2D eigenvalue weighted by molar-refractivity contribution is 7.98. The predicted octanol–water partition coefficient (Wildman–Crippen LogP) is 4.11. The molecule has 7 heteroatoms. The number of thioether (sulfide) groups is 1. The van der Waals surface area contributed by atoms with E-state index in [1.54, 1.807) is 22.0 Å². The molecule has 3 heterocycles. The topological polar surface area (TPSA) is 60.9 Å². The Labute approximate surface area is 153 Å². The van der Waals surface area contributed by atoms with Gasteiger partial charge in [-0.1, -0.05) is 23.0 Å². The maximum Gasteiger partial charge on any atom is 0.263 e. The molecule has 25 heavy (non-hydrogen) atoms. The standard InChI is InChI=1S/C18H19N3O2S2/c1-3-8-21-17(22)15-13-6-4-5-7-14(13)25-16(15)19-18(21)24-10-12-9-11(2)20-23-12/h3,9H,1,4-8,10H2,2H3. The number of thiophene rings is 1. The Morgan fingerprint density at radius 3 is 3.04 bits per heavy atom. The third-order valence-electron chi connectivity index (χ3n) is 4.37. The average Bonchev–Trinajstić information content (AvgIpc) is 3.19. The van der Waals surface area contributed by atoms with Crippen LogP contribution in [0.3, 0.4) is 0 Å². The fourth-order valence-electron chi connectivity index (χ4n) is 3.24. The molecule has 0 N–H and O–H groups in total. The summed E-state index contributed by atoms with van der Waals surface area (Å²) in [6.07, 6.45) is 6.16. The molecular weight excluding hydrogens is 354 g/mol. The number of aromatic nitrogens is 3. The fraction of sp³-hybridized carbons (Fsp3) is 0.389. The van der Waals surface area contributed by atoms with E-state index in [2.05, 4.69) is 11.7 Å². The van der Waals surface area contributed by atoms with Gasteiger partial charge in [0.15, 0.2) is 5.16 Å². The van der Waals surface area contributed by atoms with Gasteiger partial charge in [-0.2, -0.15) is 0 Å². The van der Waals surface area contributed by atoms with E-state index in [0.717, 1.165) is 40.9 Å². The van der Waals surface area contributed by atoms with Gasteiger partial charge in [-0.3, -0.25) is 9.36 Å². The van der Waals surface area contributed by atoms with E-state index >= 15 is 0 Å². The Kier molecular flexibility index (Phi) is 4.52. The summed E-state index contributed by atoms with van der Waals surface area (Å²) in [6, 6.07) is 1.91. The number of hydrogen-bond donors (Lipinski definition) is 0. The number of hydrogen-bond acceptors (Lipinski definition) is 6. The Balaban J connectivity index is 1.78. The summed E-state index contributed by atoms with van der Waals surface area (Å²) in [7, 11) is 0. The van der Waals surface area contributed by atoms with E-state index in [4.69, 9.17) is 9.51 Å². The van der Waals surface area contributed by atoms with Gasteiger partial charge >= 0.3 is 0 Å². The summed E-state index contributed by atoms with van der Waals surface area (Å²) >= 11 is 3.19. The van der Waals surface area contributed by atoms with Crippen LogP contribution in [0.4, 0.5) is 0 Å². The zero-order valence-corrected chi connectivity index (χ0v) is 15.7. The second kappa shape index (κ2) is 6.80. The van der Waals surface area contributed by atoms with E-state index < -0.39 is 0 Å². The largest absolute Gasteiger partial charge is 0.360 e. The zero-order valence-electron chi connectivity index (χ0n) is 14.1. The fourth-order valence-corrected chi connectivity index (χ4v) is 5.43. The molecule has 1 aliphatic carbocycles. The van der Waals surface area contributed by atoms with Gasteiger partial charge in [0, 0.05) is 17.5 Å². The number of nitrogens with zero attached hydrogens (tertiary/aromatic N) is 3. The maximum atomic E-state index is 13.1. The van der Waals surface area contributed by atoms with Crippen molar-refractivity contribution >= 4 is 33.3 Å². The average molecular weight is 374 g/mol. The first-order valence-corrected chi connectivity index (χ1v) is 10.2. The van der Waals surface area contributed by atoms with Crippen LogP contribution in [0.25, 0.3) is 10.2 Å². The monoisotopic (exact) mass is 373 g/mol. The molecule has 0 amide bonds. The van der Waals surface area contributed by atoms with Crippen LogP contribution in [-0.4, -0.2) is 14.7 Å². The van der Waals surface area contributed by atoms with Gasteiger partial charge in [0.05, 0.1) is 16.8 Å². The van der Waals surface area contributed by atoms with Crippen LogP contribution in [-0.2, 0) is 25.1 Å². The molecule has 0 saturated carbocycles. The SMILES string of the molecule is C=CCn1c(SCc2cc(C)no2)nc2sc3c(c2c1=O)CCCC3. The number of allylic oxidation sites excluding steroid dienone is 1. The Hall–Kier alpha value is -1.86. The molecule has 0 fully saturated rings. The zero-order chi connectivity index (χ0) is 17.4. The highest BCUT2D eigenvalue weighted by Gasteiger charge is 2.22. The third kappa shape index (κ3) is 3.06. The Morgan fingerprint density at radius 2 is 2.28 bits per heavy atom. The van der Waals surface area contributed by atoms with E-state index in [-0.39, 0.29) is 5.56 Å². The molecule has 0 aromatic carbocycles. The van der Waals surface area contributed by atoms with Gasteiger partial charge in [-0.25, -0.2) is 4.98 Å². The number of aryl methyl sites for hydroxylation is 3. The van der Waals surface area contributed by atoms with Crippen molar-refractivity contribution in [1.29, 1.82) is 0 Å². The summed E-state index contributed by atoms with van der Waals surface area (Å²) in [5.74, 6) is 1.38. The first-order chi connectivity index (χ1) is 12.2. The summed E-state index contributed by atoms with van der Waals surface area (Å²) in [6.45, 7) is 6.15. The van der Waals surface area contributed by atoms with Crippen molar-refractivity contribution in [3.8, 4) is 0 Å². The third-order valence-corrected chi connectivity index (χ3v) is 6.56. The second-order valence-electron chi connectivity index (χ2n) is 6.21. The molecule has 0 radical (unpaired) electrons. The molecule has 0 atom stereocenters. The van der Waals surface area contributed by atoms with Crippen molar-refractivity contribution in [3.05, 3.63) is 51.0 Å². The molecule has 4 rings (SSSR count). The molecular formula is C18H19N3O2S2. The molecule has 0 aliphatic heterocycles. The van der Waals surface area contributed by atoms with Gasteiger partial charge < -0.3 is 4.52 Å². The van der Waals surface area contributed by atoms with Crippen molar-refractivity contribution in [2.75, 3.05) is 0 Å². The van der Waals surface area contributed by atoms with Crippen LogP contribution < -0.4 is 5.56 Å². The lowest BCUT2D eigenvalue weighted by atomic mass is 9.97. The maximum absolute atomic E-state index is 13.1. The van der Waals surface area contributed by atoms with Gasteiger partial charge in [-0.15, -0.1) is 17.9 Å². The van der Waals surface area contributed by atoms with Crippen LogP contribution >= 0.6 is 23.1 Å². The molecule has 0 unspecified atom stereocenters. The van der Waals surface area contributed by atoms with Crippen LogP contribution in [0.5, 0.6) is 0 Å². The quantitative estimate of drug-likeness (QED) is 0.383. The molecule has 1 aliphatic rings. The lowest BCUT2D eigenvalue weighted by Crippen LogP contribution is -2.23. The highest BCUT2D eigenvalue weighted by atomic mass is 32.2. The van der Waals surface area contributed by atoms with Crippen molar-refractivity contribution in [2.24, 2.45) is 0 Å². The van der Waals surface area contributed by atoms with Gasteiger partial charge in [0.1, 0.15) is 10.6 Å². The van der Waals surface area contributed by atoms with Gasteiger partial charge in [0.2, 0.25) is 0 Å². The van der Waals surface area contributed by atoms with E-state index in [1.807, 2.05) is 13.0 Å². The smallest absolute Gasteiger partial charge is 0.263 e. The van der Waals surface area contributed by atoms with Gasteiger partial charge in [0.25, 0.3) is 5.56 Å². The van der Waals surface area contributed by atoms with Crippen molar-refractivity contribution < 1.29 is 4.52 Å². The number of fused-ring (bicyclic) bond motifs is 3. The summed E-state index contributed by atoms with van der Waals surface area (Å²) < 4.78 is 6.99. The molecule has 0 bridgehead atoms. The Bertz CT molecular complexity index is 1000. The van der Waals surface area contributed by atoms with E-state index in [9.17, 15) is 4.79 Å². The molecule has 0 saturated heterocycles. The predicted molar refractivity (Wildman–Crippen MR) is 102 cm³/mol. The molecule has 5 nitrogen and oxygen atoms in total. The van der Waals surface area contributed by atoms with Gasteiger partial charge in [-0.05, 0) is 38.2 Å². The first-order valence-electron chi connectivity index (χ1n) is 8.38. The lowest BCUT2D eigenvalue weighted by Gasteiger charge is -2.12. The normalized spacial score (nSPS) is 14.0. The van der Waals surface area contributed by atoms with Crippen LogP contribution in [0.15, 0.2) is 33.2 Å². The van der Waals surface area contributed by atoms with E-state index in [0.29, 0.717) is 17.5 Å².